The van der Waals surface area contributed by atoms with Crippen LogP contribution in [-0.4, -0.2) is 11.9 Å². The smallest absolute Gasteiger partial charge is 0.287 e. The molecule has 0 spiro atoms. The molecule has 0 radical (unpaired) electrons. The van der Waals surface area contributed by atoms with Gasteiger partial charge in [-0.2, -0.15) is 0 Å². The summed E-state index contributed by atoms with van der Waals surface area (Å²) in [5.74, 6) is 3.17. The molecule has 1 aromatic carbocycles. The number of hydrogen-bond donors (Lipinski definition) is 1. The summed E-state index contributed by atoms with van der Waals surface area (Å²) >= 11 is 0. The molecule has 0 saturated heterocycles. The normalized spacial score (nSPS) is 25.2. The summed E-state index contributed by atoms with van der Waals surface area (Å²) in [5, 5.41) is 3.10. The second-order valence-corrected chi connectivity index (χ2v) is 7.61. The number of halogens is 1. The van der Waals surface area contributed by atoms with Gasteiger partial charge in [-0.15, -0.1) is 0 Å². The highest BCUT2D eigenvalue weighted by atomic mass is 19.1. The summed E-state index contributed by atoms with van der Waals surface area (Å²) < 4.78 is 24.0. The van der Waals surface area contributed by atoms with Crippen molar-refractivity contribution in [3.63, 3.8) is 0 Å². The fraction of sp³-hybridized carbons (Fsp3) is 0.476. The molecule has 5 heteroatoms. The Morgan fingerprint density at radius 1 is 1.23 bits per heavy atom. The van der Waals surface area contributed by atoms with Crippen LogP contribution in [0.1, 0.15) is 48.9 Å². The Hall–Kier alpha value is -2.30. The molecule has 4 rings (SSSR count). The molecular weight excluding hydrogens is 333 g/mol. The maximum absolute atomic E-state index is 12.9. The van der Waals surface area contributed by atoms with Gasteiger partial charge in [-0.05, 0) is 80.3 Å². The molecule has 2 fully saturated rings. The van der Waals surface area contributed by atoms with Gasteiger partial charge in [0.1, 0.15) is 23.9 Å². The minimum Gasteiger partial charge on any atom is -0.486 e. The highest BCUT2D eigenvalue weighted by molar-refractivity contribution is 5.91. The molecule has 2 aromatic rings. The molecule has 4 atom stereocenters. The maximum Gasteiger partial charge on any atom is 0.287 e. The van der Waals surface area contributed by atoms with E-state index in [1.807, 2.05) is 0 Å². The molecule has 2 bridgehead atoms. The van der Waals surface area contributed by atoms with Crippen LogP contribution < -0.4 is 10.1 Å². The molecule has 1 N–H and O–H groups in total. The minimum atomic E-state index is -0.307. The summed E-state index contributed by atoms with van der Waals surface area (Å²) in [7, 11) is 0. The number of nitrogens with one attached hydrogen (secondary N) is 1. The van der Waals surface area contributed by atoms with E-state index in [1.54, 1.807) is 24.3 Å². The number of benzene rings is 1. The predicted octanol–water partition coefficient (Wildman–Crippen LogP) is 4.55. The van der Waals surface area contributed by atoms with Gasteiger partial charge >= 0.3 is 0 Å². The summed E-state index contributed by atoms with van der Waals surface area (Å²) in [6.45, 7) is 2.30. The van der Waals surface area contributed by atoms with Crippen molar-refractivity contribution in [2.45, 2.75) is 45.3 Å². The van der Waals surface area contributed by atoms with E-state index in [4.69, 9.17) is 9.15 Å². The summed E-state index contributed by atoms with van der Waals surface area (Å²) in [6.07, 6.45) is 5.23. The van der Waals surface area contributed by atoms with Crippen molar-refractivity contribution in [1.29, 1.82) is 0 Å². The van der Waals surface area contributed by atoms with Gasteiger partial charge in [-0.1, -0.05) is 6.42 Å². The first-order valence-corrected chi connectivity index (χ1v) is 9.36. The van der Waals surface area contributed by atoms with Gasteiger partial charge in [-0.3, -0.25) is 4.79 Å². The molecule has 0 aliphatic heterocycles. The molecule has 26 heavy (non-hydrogen) atoms. The third-order valence-electron chi connectivity index (χ3n) is 5.87. The number of carbonyl (C=O) groups excluding carboxylic acids is 1. The number of rotatable bonds is 6. The summed E-state index contributed by atoms with van der Waals surface area (Å²) in [5.41, 5.74) is 0. The highest BCUT2D eigenvalue weighted by Gasteiger charge is 2.42. The van der Waals surface area contributed by atoms with Crippen LogP contribution in [0.15, 0.2) is 40.8 Å². The predicted molar refractivity (Wildman–Crippen MR) is 95.3 cm³/mol. The lowest BCUT2D eigenvalue weighted by molar-refractivity contribution is 0.0883. The molecular formula is C21H24FNO3. The fourth-order valence-corrected chi connectivity index (χ4v) is 4.55. The third kappa shape index (κ3) is 3.62. The molecule has 2 aliphatic rings. The zero-order valence-electron chi connectivity index (χ0n) is 14.9. The lowest BCUT2D eigenvalue weighted by atomic mass is 9.84. The Labute approximate surface area is 152 Å². The minimum absolute atomic E-state index is 0.168. The Morgan fingerprint density at radius 2 is 2.04 bits per heavy atom. The van der Waals surface area contributed by atoms with E-state index in [0.717, 1.165) is 11.8 Å². The first-order valence-electron chi connectivity index (χ1n) is 9.36. The van der Waals surface area contributed by atoms with Crippen LogP contribution in [0.4, 0.5) is 4.39 Å². The first-order chi connectivity index (χ1) is 12.6. The molecule has 2 aliphatic carbocycles. The van der Waals surface area contributed by atoms with Gasteiger partial charge in [0.05, 0.1) is 0 Å². The highest BCUT2D eigenvalue weighted by Crippen LogP contribution is 2.49. The second kappa shape index (κ2) is 7.14. The van der Waals surface area contributed by atoms with Gasteiger partial charge in [0.15, 0.2) is 5.76 Å². The SMILES string of the molecule is C[C@H](NC(=O)c1ccc(COc2ccc(F)cc2)o1)[C@H]1C[C@H]2CC[C@H]1C2. The third-order valence-corrected chi connectivity index (χ3v) is 5.87. The van der Waals surface area contributed by atoms with E-state index < -0.39 is 0 Å². The molecule has 4 nitrogen and oxygen atoms in total. The molecule has 0 unspecified atom stereocenters. The zero-order chi connectivity index (χ0) is 18.1. The standard InChI is InChI=1S/C21H24FNO3/c1-13(19-11-14-2-3-15(19)10-14)23-21(24)20-9-8-18(26-20)12-25-17-6-4-16(22)5-7-17/h4-9,13-15,19H,2-3,10-12H2,1H3,(H,23,24)/t13-,14-,15-,19+/m0/s1. The van der Waals surface area contributed by atoms with Crippen molar-refractivity contribution in [3.05, 3.63) is 53.7 Å². The van der Waals surface area contributed by atoms with E-state index >= 15 is 0 Å². The van der Waals surface area contributed by atoms with Gasteiger partial charge < -0.3 is 14.5 Å². The van der Waals surface area contributed by atoms with Crippen LogP contribution in [0.25, 0.3) is 0 Å². The fourth-order valence-electron chi connectivity index (χ4n) is 4.55. The number of amides is 1. The van der Waals surface area contributed by atoms with Gasteiger partial charge in [-0.25, -0.2) is 4.39 Å². The Balaban J connectivity index is 1.30. The Kier molecular flexibility index (Phi) is 4.70. The number of carbonyl (C=O) groups is 1. The van der Waals surface area contributed by atoms with Crippen molar-refractivity contribution < 1.29 is 18.3 Å². The summed E-state index contributed by atoms with van der Waals surface area (Å²) in [4.78, 5) is 12.5. The van der Waals surface area contributed by atoms with Crippen LogP contribution in [-0.2, 0) is 6.61 Å². The van der Waals surface area contributed by atoms with E-state index in [9.17, 15) is 9.18 Å². The van der Waals surface area contributed by atoms with E-state index in [1.165, 1.54) is 37.8 Å². The largest absolute Gasteiger partial charge is 0.486 e. The van der Waals surface area contributed by atoms with Crippen molar-refractivity contribution >= 4 is 5.91 Å². The average molecular weight is 357 g/mol. The van der Waals surface area contributed by atoms with Crippen LogP contribution in [0.3, 0.4) is 0 Å². The first kappa shape index (κ1) is 17.1. The number of furan rings is 1. The number of hydrogen-bond acceptors (Lipinski definition) is 3. The number of fused-ring (bicyclic) bond motifs is 2. The van der Waals surface area contributed by atoms with Crippen molar-refractivity contribution in [2.75, 3.05) is 0 Å². The second-order valence-electron chi connectivity index (χ2n) is 7.61. The van der Waals surface area contributed by atoms with Crippen molar-refractivity contribution in [2.24, 2.45) is 17.8 Å². The lowest BCUT2D eigenvalue weighted by Crippen LogP contribution is -2.40. The van der Waals surface area contributed by atoms with Crippen LogP contribution >= 0.6 is 0 Å². The number of ether oxygens (including phenoxy) is 1. The molecule has 138 valence electrons. The van der Waals surface area contributed by atoms with E-state index in [0.29, 0.717) is 23.2 Å². The molecule has 1 amide bonds. The van der Waals surface area contributed by atoms with Gasteiger partial charge in [0.25, 0.3) is 5.91 Å². The van der Waals surface area contributed by atoms with Gasteiger partial charge in [0.2, 0.25) is 0 Å². The van der Waals surface area contributed by atoms with Crippen LogP contribution in [0, 0.1) is 23.6 Å². The Morgan fingerprint density at radius 3 is 2.73 bits per heavy atom. The average Bonchev–Trinajstić information content (AvgIpc) is 3.37. The Bertz CT molecular complexity index is 770. The maximum atomic E-state index is 12.9. The van der Waals surface area contributed by atoms with E-state index in [2.05, 4.69) is 12.2 Å². The topological polar surface area (TPSA) is 51.5 Å². The van der Waals surface area contributed by atoms with Crippen LogP contribution in [0.5, 0.6) is 5.75 Å². The quantitative estimate of drug-likeness (QED) is 0.825. The van der Waals surface area contributed by atoms with Gasteiger partial charge in [0, 0.05) is 6.04 Å². The lowest BCUT2D eigenvalue weighted by Gasteiger charge is -2.28. The molecule has 2 saturated carbocycles. The molecule has 1 aromatic heterocycles. The van der Waals surface area contributed by atoms with Crippen molar-refractivity contribution in [3.8, 4) is 5.75 Å². The monoisotopic (exact) mass is 357 g/mol. The molecule has 1 heterocycles. The van der Waals surface area contributed by atoms with E-state index in [-0.39, 0.29) is 24.4 Å². The van der Waals surface area contributed by atoms with Crippen molar-refractivity contribution in [1.82, 2.24) is 5.32 Å². The van der Waals surface area contributed by atoms with Crippen LogP contribution in [0.2, 0.25) is 0 Å². The summed E-state index contributed by atoms with van der Waals surface area (Å²) in [6, 6.07) is 9.38. The zero-order valence-corrected chi connectivity index (χ0v) is 14.9.